The number of hydrogen-bond acceptors (Lipinski definition) is 4. The number of rotatable bonds is 7. The Morgan fingerprint density at radius 2 is 1.81 bits per heavy atom. The lowest BCUT2D eigenvalue weighted by molar-refractivity contribution is -0.0390. The molecule has 0 amide bonds. The van der Waals surface area contributed by atoms with Crippen molar-refractivity contribution < 1.29 is 9.47 Å². The summed E-state index contributed by atoms with van der Waals surface area (Å²) in [6, 6.07) is 12.7. The van der Waals surface area contributed by atoms with Gasteiger partial charge >= 0.3 is 0 Å². The zero-order valence-electron chi connectivity index (χ0n) is 15.6. The topological polar surface area (TPSA) is 54.9 Å². The maximum absolute atomic E-state index is 5.97. The average molecular weight is 501 g/mol. The van der Waals surface area contributed by atoms with Crippen LogP contribution in [-0.4, -0.2) is 32.3 Å². The van der Waals surface area contributed by atoms with Gasteiger partial charge in [-0.3, -0.25) is 4.99 Å². The van der Waals surface area contributed by atoms with Crippen LogP contribution in [0.5, 0.6) is 0 Å². The Morgan fingerprint density at radius 3 is 2.48 bits per heavy atom. The molecule has 1 aliphatic rings. The maximum Gasteiger partial charge on any atom is 0.191 e. The van der Waals surface area contributed by atoms with Gasteiger partial charge in [0.25, 0.3) is 0 Å². The van der Waals surface area contributed by atoms with E-state index in [1.165, 1.54) is 16.0 Å². The number of benzene rings is 1. The minimum atomic E-state index is 0. The first-order valence-corrected chi connectivity index (χ1v) is 9.95. The number of thiophene rings is 1. The van der Waals surface area contributed by atoms with Crippen molar-refractivity contribution in [3.05, 3.63) is 57.8 Å². The van der Waals surface area contributed by atoms with Gasteiger partial charge in [-0.25, -0.2) is 0 Å². The number of halogens is 1. The summed E-state index contributed by atoms with van der Waals surface area (Å²) < 4.78 is 11.3. The van der Waals surface area contributed by atoms with Gasteiger partial charge in [-0.2, -0.15) is 0 Å². The van der Waals surface area contributed by atoms with E-state index >= 15 is 0 Å². The Bertz CT molecular complexity index is 671. The molecule has 2 heterocycles. The van der Waals surface area contributed by atoms with Crippen molar-refractivity contribution in [2.24, 2.45) is 4.99 Å². The highest BCUT2D eigenvalue weighted by molar-refractivity contribution is 14.0. The molecule has 0 aliphatic carbocycles. The molecular formula is C20H28IN3O2S. The van der Waals surface area contributed by atoms with E-state index in [2.05, 4.69) is 57.4 Å². The summed E-state index contributed by atoms with van der Waals surface area (Å²) in [6.45, 7) is 3.83. The molecule has 1 fully saturated rings. The van der Waals surface area contributed by atoms with Gasteiger partial charge in [0.15, 0.2) is 5.96 Å². The van der Waals surface area contributed by atoms with Crippen molar-refractivity contribution in [1.82, 2.24) is 10.6 Å². The fraction of sp³-hybridized carbons (Fsp3) is 0.450. The van der Waals surface area contributed by atoms with Crippen LogP contribution in [0.25, 0.3) is 0 Å². The van der Waals surface area contributed by atoms with E-state index in [0.717, 1.165) is 45.1 Å². The lowest BCUT2D eigenvalue weighted by atomic mass is 10.1. The van der Waals surface area contributed by atoms with E-state index in [9.17, 15) is 0 Å². The maximum atomic E-state index is 5.97. The Kier molecular flexibility index (Phi) is 10.1. The number of nitrogens with zero attached hydrogens (tertiary/aromatic N) is 1. The quantitative estimate of drug-likeness (QED) is 0.343. The second kappa shape index (κ2) is 12.3. The molecule has 27 heavy (non-hydrogen) atoms. The zero-order chi connectivity index (χ0) is 18.0. The van der Waals surface area contributed by atoms with Crippen LogP contribution in [-0.2, 0) is 29.2 Å². The SMILES string of the molecule is CN=C(NCc1ccc(COC2CCOCC2)cc1)NCc1cccs1.I. The van der Waals surface area contributed by atoms with Crippen LogP contribution in [0.1, 0.15) is 28.8 Å². The minimum absolute atomic E-state index is 0. The third kappa shape index (κ3) is 7.77. The van der Waals surface area contributed by atoms with Crippen LogP contribution in [0.3, 0.4) is 0 Å². The number of nitrogens with one attached hydrogen (secondary N) is 2. The Morgan fingerprint density at radius 1 is 1.11 bits per heavy atom. The summed E-state index contributed by atoms with van der Waals surface area (Å²) in [7, 11) is 1.79. The summed E-state index contributed by atoms with van der Waals surface area (Å²) in [6.07, 6.45) is 2.34. The van der Waals surface area contributed by atoms with Crippen molar-refractivity contribution in [3.8, 4) is 0 Å². The van der Waals surface area contributed by atoms with E-state index in [1.807, 2.05) is 0 Å². The second-order valence-electron chi connectivity index (χ2n) is 6.30. The van der Waals surface area contributed by atoms with Crippen molar-refractivity contribution in [3.63, 3.8) is 0 Å². The Hall–Kier alpha value is -1.16. The monoisotopic (exact) mass is 501 g/mol. The average Bonchev–Trinajstić information content (AvgIpc) is 3.22. The van der Waals surface area contributed by atoms with Crippen LogP contribution in [0, 0.1) is 0 Å². The molecule has 1 aliphatic heterocycles. The second-order valence-corrected chi connectivity index (χ2v) is 7.33. The fourth-order valence-electron chi connectivity index (χ4n) is 2.80. The van der Waals surface area contributed by atoms with Gasteiger partial charge < -0.3 is 20.1 Å². The molecule has 0 spiro atoms. The summed E-state index contributed by atoms with van der Waals surface area (Å²) in [5, 5.41) is 8.76. The molecule has 148 valence electrons. The van der Waals surface area contributed by atoms with E-state index in [0.29, 0.717) is 12.7 Å². The van der Waals surface area contributed by atoms with Crippen molar-refractivity contribution >= 4 is 41.3 Å². The van der Waals surface area contributed by atoms with Gasteiger partial charge in [-0.1, -0.05) is 30.3 Å². The van der Waals surface area contributed by atoms with Gasteiger partial charge in [0, 0.05) is 31.7 Å². The standard InChI is InChI=1S/C20H27N3O2S.HI/c1-21-20(23-14-19-3-2-12-26-19)22-13-16-4-6-17(7-5-16)15-25-18-8-10-24-11-9-18;/h2-7,12,18H,8-11,13-15H2,1H3,(H2,21,22,23);1H. The number of hydrogen-bond donors (Lipinski definition) is 2. The van der Waals surface area contributed by atoms with Gasteiger partial charge in [-0.15, -0.1) is 35.3 Å². The van der Waals surface area contributed by atoms with Crippen molar-refractivity contribution in [2.45, 2.75) is 38.6 Å². The van der Waals surface area contributed by atoms with Crippen LogP contribution in [0.2, 0.25) is 0 Å². The highest BCUT2D eigenvalue weighted by atomic mass is 127. The molecular weight excluding hydrogens is 473 g/mol. The van der Waals surface area contributed by atoms with Crippen LogP contribution < -0.4 is 10.6 Å². The summed E-state index contributed by atoms with van der Waals surface area (Å²) in [5.41, 5.74) is 2.43. The molecule has 1 saturated heterocycles. The summed E-state index contributed by atoms with van der Waals surface area (Å²) in [5.74, 6) is 0.810. The number of guanidine groups is 1. The molecule has 1 aromatic carbocycles. The summed E-state index contributed by atoms with van der Waals surface area (Å²) >= 11 is 1.74. The number of aliphatic imine (C=N–C) groups is 1. The molecule has 1 aromatic heterocycles. The van der Waals surface area contributed by atoms with E-state index in [1.54, 1.807) is 18.4 Å². The van der Waals surface area contributed by atoms with Gasteiger partial charge in [0.05, 0.1) is 19.3 Å². The molecule has 2 N–H and O–H groups in total. The first kappa shape index (κ1) is 22.1. The highest BCUT2D eigenvalue weighted by Crippen LogP contribution is 2.14. The number of ether oxygens (including phenoxy) is 2. The molecule has 3 rings (SSSR count). The molecule has 0 bridgehead atoms. The zero-order valence-corrected chi connectivity index (χ0v) is 18.8. The largest absolute Gasteiger partial charge is 0.381 e. The van der Waals surface area contributed by atoms with Gasteiger partial charge in [-0.05, 0) is 35.4 Å². The van der Waals surface area contributed by atoms with Crippen molar-refractivity contribution in [1.29, 1.82) is 0 Å². The minimum Gasteiger partial charge on any atom is -0.381 e. The van der Waals surface area contributed by atoms with Crippen LogP contribution >= 0.6 is 35.3 Å². The third-order valence-corrected chi connectivity index (χ3v) is 5.25. The van der Waals surface area contributed by atoms with Gasteiger partial charge in [0.2, 0.25) is 0 Å². The fourth-order valence-corrected chi connectivity index (χ4v) is 3.45. The Balaban J connectivity index is 0.00000261. The summed E-state index contributed by atoms with van der Waals surface area (Å²) in [4.78, 5) is 5.56. The van der Waals surface area contributed by atoms with E-state index < -0.39 is 0 Å². The predicted octanol–water partition coefficient (Wildman–Crippen LogP) is 3.93. The van der Waals surface area contributed by atoms with Crippen molar-refractivity contribution in [2.75, 3.05) is 20.3 Å². The van der Waals surface area contributed by atoms with E-state index in [4.69, 9.17) is 9.47 Å². The Labute approximate surface area is 182 Å². The molecule has 0 unspecified atom stereocenters. The van der Waals surface area contributed by atoms with Crippen LogP contribution in [0.15, 0.2) is 46.8 Å². The highest BCUT2D eigenvalue weighted by Gasteiger charge is 2.13. The lowest BCUT2D eigenvalue weighted by Gasteiger charge is -2.22. The first-order chi connectivity index (χ1) is 12.8. The smallest absolute Gasteiger partial charge is 0.191 e. The predicted molar refractivity (Wildman–Crippen MR) is 122 cm³/mol. The lowest BCUT2D eigenvalue weighted by Crippen LogP contribution is -2.36. The van der Waals surface area contributed by atoms with E-state index in [-0.39, 0.29) is 24.0 Å². The third-order valence-electron chi connectivity index (χ3n) is 4.37. The van der Waals surface area contributed by atoms with Crippen LogP contribution in [0.4, 0.5) is 0 Å². The molecule has 5 nitrogen and oxygen atoms in total. The normalized spacial score (nSPS) is 15.2. The molecule has 0 radical (unpaired) electrons. The molecule has 7 heteroatoms. The molecule has 0 atom stereocenters. The van der Waals surface area contributed by atoms with Gasteiger partial charge in [0.1, 0.15) is 0 Å². The first-order valence-electron chi connectivity index (χ1n) is 9.07. The molecule has 0 saturated carbocycles. The molecule has 2 aromatic rings.